The first-order chi connectivity index (χ1) is 10.3. The third kappa shape index (κ3) is 3.72. The van der Waals surface area contributed by atoms with Gasteiger partial charge in [0.15, 0.2) is 0 Å². The van der Waals surface area contributed by atoms with Crippen molar-refractivity contribution in [2.75, 3.05) is 19.6 Å². The minimum absolute atomic E-state index is 0.351. The predicted octanol–water partition coefficient (Wildman–Crippen LogP) is 3.87. The second-order valence-corrected chi connectivity index (χ2v) is 5.84. The molecule has 3 rings (SSSR count). The van der Waals surface area contributed by atoms with Crippen molar-refractivity contribution in [1.29, 1.82) is 0 Å². The average Bonchev–Trinajstić information content (AvgIpc) is 3.07. The van der Waals surface area contributed by atoms with Gasteiger partial charge in [0.1, 0.15) is 0 Å². The number of likely N-dealkylation sites (tertiary alicyclic amines) is 1. The number of nitrogens with zero attached hydrogens (tertiary/aromatic N) is 1. The largest absolute Gasteiger partial charge is 0.388 e. The van der Waals surface area contributed by atoms with Crippen LogP contribution in [0.25, 0.3) is 11.1 Å². The van der Waals surface area contributed by atoms with Crippen molar-refractivity contribution in [2.24, 2.45) is 0 Å². The first-order valence-corrected chi connectivity index (χ1v) is 7.89. The summed E-state index contributed by atoms with van der Waals surface area (Å²) in [5, 5.41) is 10.3. The summed E-state index contributed by atoms with van der Waals surface area (Å²) >= 11 is 0. The molecule has 1 N–H and O–H groups in total. The normalized spacial score (nSPS) is 17.0. The van der Waals surface area contributed by atoms with E-state index in [1.807, 2.05) is 18.2 Å². The maximum atomic E-state index is 10.3. The molecule has 1 heterocycles. The Hall–Kier alpha value is -1.64. The number of aliphatic hydroxyl groups excluding tert-OH is 1. The molecule has 1 unspecified atom stereocenters. The first-order valence-electron chi connectivity index (χ1n) is 7.89. The molecule has 1 fully saturated rings. The van der Waals surface area contributed by atoms with Gasteiger partial charge in [-0.2, -0.15) is 0 Å². The van der Waals surface area contributed by atoms with E-state index in [0.717, 1.165) is 18.5 Å². The second-order valence-electron chi connectivity index (χ2n) is 5.84. The van der Waals surface area contributed by atoms with Crippen molar-refractivity contribution >= 4 is 0 Å². The van der Waals surface area contributed by atoms with E-state index in [2.05, 4.69) is 41.3 Å². The molecule has 2 nitrogen and oxygen atoms in total. The Morgan fingerprint density at radius 2 is 1.48 bits per heavy atom. The summed E-state index contributed by atoms with van der Waals surface area (Å²) in [6.45, 7) is 3.39. The molecule has 2 aromatic carbocycles. The highest BCUT2D eigenvalue weighted by molar-refractivity contribution is 5.63. The molecule has 2 heteroatoms. The molecule has 0 bridgehead atoms. The zero-order chi connectivity index (χ0) is 14.5. The van der Waals surface area contributed by atoms with Crippen LogP contribution in [0.1, 0.15) is 30.9 Å². The van der Waals surface area contributed by atoms with Crippen molar-refractivity contribution < 1.29 is 5.11 Å². The first kappa shape index (κ1) is 14.3. The molecule has 1 atom stereocenters. The number of rotatable bonds is 5. The zero-order valence-electron chi connectivity index (χ0n) is 12.4. The lowest BCUT2D eigenvalue weighted by molar-refractivity contribution is 0.149. The average molecular weight is 281 g/mol. The van der Waals surface area contributed by atoms with Crippen LogP contribution in [0.5, 0.6) is 0 Å². The summed E-state index contributed by atoms with van der Waals surface area (Å²) in [6, 6.07) is 18.7. The fraction of sp³-hybridized carbons (Fsp3) is 0.368. The van der Waals surface area contributed by atoms with Crippen LogP contribution < -0.4 is 0 Å². The van der Waals surface area contributed by atoms with Gasteiger partial charge in [-0.15, -0.1) is 0 Å². The molecule has 0 spiro atoms. The van der Waals surface area contributed by atoms with Gasteiger partial charge in [-0.1, -0.05) is 54.6 Å². The van der Waals surface area contributed by atoms with E-state index >= 15 is 0 Å². The molecule has 1 saturated heterocycles. The molecular formula is C19H23NO. The SMILES string of the molecule is OC(CCN1CCCC1)c1ccc(-c2ccccc2)cc1. The summed E-state index contributed by atoms with van der Waals surface area (Å²) in [6.07, 6.45) is 3.09. The number of aliphatic hydroxyl groups is 1. The Morgan fingerprint density at radius 1 is 0.857 bits per heavy atom. The van der Waals surface area contributed by atoms with Gasteiger partial charge in [-0.25, -0.2) is 0 Å². The van der Waals surface area contributed by atoms with E-state index in [0.29, 0.717) is 0 Å². The van der Waals surface area contributed by atoms with Crippen LogP contribution in [0, 0.1) is 0 Å². The van der Waals surface area contributed by atoms with E-state index in [-0.39, 0.29) is 6.10 Å². The molecule has 110 valence electrons. The van der Waals surface area contributed by atoms with Gasteiger partial charge in [0.25, 0.3) is 0 Å². The van der Waals surface area contributed by atoms with E-state index in [4.69, 9.17) is 0 Å². The Kier molecular flexibility index (Phi) is 4.69. The highest BCUT2D eigenvalue weighted by Crippen LogP contribution is 2.23. The van der Waals surface area contributed by atoms with Gasteiger partial charge in [0.05, 0.1) is 6.10 Å². The third-order valence-corrected chi connectivity index (χ3v) is 4.32. The Labute approximate surface area is 127 Å². The second kappa shape index (κ2) is 6.88. The maximum absolute atomic E-state index is 10.3. The smallest absolute Gasteiger partial charge is 0.0802 e. The molecule has 21 heavy (non-hydrogen) atoms. The van der Waals surface area contributed by atoms with Gasteiger partial charge in [-0.3, -0.25) is 0 Å². The van der Waals surface area contributed by atoms with Crippen LogP contribution in [0.2, 0.25) is 0 Å². The summed E-state index contributed by atoms with van der Waals surface area (Å²) < 4.78 is 0. The van der Waals surface area contributed by atoms with Crippen LogP contribution in [0.15, 0.2) is 54.6 Å². The van der Waals surface area contributed by atoms with Gasteiger partial charge in [0.2, 0.25) is 0 Å². The summed E-state index contributed by atoms with van der Waals surface area (Å²) in [7, 11) is 0. The lowest BCUT2D eigenvalue weighted by Gasteiger charge is -2.17. The highest BCUT2D eigenvalue weighted by atomic mass is 16.3. The van der Waals surface area contributed by atoms with Gasteiger partial charge in [-0.05, 0) is 49.0 Å². The number of hydrogen-bond acceptors (Lipinski definition) is 2. The van der Waals surface area contributed by atoms with Gasteiger partial charge >= 0.3 is 0 Å². The van der Waals surface area contributed by atoms with Crippen LogP contribution in [0.3, 0.4) is 0 Å². The minimum Gasteiger partial charge on any atom is -0.388 e. The topological polar surface area (TPSA) is 23.5 Å². The van der Waals surface area contributed by atoms with Crippen molar-refractivity contribution in [2.45, 2.75) is 25.4 Å². The monoisotopic (exact) mass is 281 g/mol. The molecule has 2 aromatic rings. The Balaban J connectivity index is 1.60. The lowest BCUT2D eigenvalue weighted by Crippen LogP contribution is -2.22. The van der Waals surface area contributed by atoms with Crippen LogP contribution in [-0.4, -0.2) is 29.6 Å². The molecule has 1 aliphatic rings. The standard InChI is InChI=1S/C19H23NO/c21-19(12-15-20-13-4-5-14-20)18-10-8-17(9-11-18)16-6-2-1-3-7-16/h1-3,6-11,19,21H,4-5,12-15H2. The lowest BCUT2D eigenvalue weighted by atomic mass is 10.0. The number of benzene rings is 2. The minimum atomic E-state index is -0.351. The van der Waals surface area contributed by atoms with E-state index in [1.165, 1.54) is 37.1 Å². The van der Waals surface area contributed by atoms with Crippen LogP contribution in [-0.2, 0) is 0 Å². The molecule has 0 aliphatic carbocycles. The Bertz CT molecular complexity index is 544. The quantitative estimate of drug-likeness (QED) is 0.899. The van der Waals surface area contributed by atoms with E-state index in [1.54, 1.807) is 0 Å². The van der Waals surface area contributed by atoms with Gasteiger partial charge < -0.3 is 10.0 Å². The summed E-state index contributed by atoms with van der Waals surface area (Å²) in [5.41, 5.74) is 3.44. The van der Waals surface area contributed by atoms with E-state index in [9.17, 15) is 5.11 Å². The van der Waals surface area contributed by atoms with Gasteiger partial charge in [0, 0.05) is 6.54 Å². The molecule has 0 amide bonds. The third-order valence-electron chi connectivity index (χ3n) is 4.32. The Morgan fingerprint density at radius 3 is 2.14 bits per heavy atom. The van der Waals surface area contributed by atoms with Crippen LogP contribution in [0.4, 0.5) is 0 Å². The van der Waals surface area contributed by atoms with Crippen LogP contribution >= 0.6 is 0 Å². The molecular weight excluding hydrogens is 258 g/mol. The number of hydrogen-bond donors (Lipinski definition) is 1. The summed E-state index contributed by atoms with van der Waals surface area (Å²) in [4.78, 5) is 2.45. The molecule has 1 aliphatic heterocycles. The molecule has 0 radical (unpaired) electrons. The van der Waals surface area contributed by atoms with Crippen molar-refractivity contribution in [1.82, 2.24) is 4.90 Å². The van der Waals surface area contributed by atoms with E-state index < -0.39 is 0 Å². The fourth-order valence-corrected chi connectivity index (χ4v) is 3.01. The van der Waals surface area contributed by atoms with Crippen molar-refractivity contribution in [3.8, 4) is 11.1 Å². The maximum Gasteiger partial charge on any atom is 0.0802 e. The zero-order valence-corrected chi connectivity index (χ0v) is 12.4. The highest BCUT2D eigenvalue weighted by Gasteiger charge is 2.14. The van der Waals surface area contributed by atoms with Crippen molar-refractivity contribution in [3.63, 3.8) is 0 Å². The fourth-order valence-electron chi connectivity index (χ4n) is 3.01. The molecule has 0 saturated carbocycles. The van der Waals surface area contributed by atoms with Crippen molar-refractivity contribution in [3.05, 3.63) is 60.2 Å². The summed E-state index contributed by atoms with van der Waals surface area (Å²) in [5.74, 6) is 0. The molecule has 0 aromatic heterocycles. The predicted molar refractivity (Wildman–Crippen MR) is 87.1 cm³/mol.